The summed E-state index contributed by atoms with van der Waals surface area (Å²) in [6.07, 6.45) is 0. The van der Waals surface area contributed by atoms with E-state index in [1.807, 2.05) is 0 Å². The number of hydrogen-bond donors (Lipinski definition) is 1. The number of phenolic OH excluding ortho intramolecular Hbond substituents is 1. The van der Waals surface area contributed by atoms with Gasteiger partial charge in [-0.25, -0.2) is 0 Å². The molecule has 0 aromatic heterocycles. The lowest BCUT2D eigenvalue weighted by Gasteiger charge is -2.21. The van der Waals surface area contributed by atoms with E-state index >= 15 is 0 Å². The molecule has 2 aromatic rings. The molecule has 0 amide bonds. The van der Waals surface area contributed by atoms with Gasteiger partial charge in [0.15, 0.2) is 5.78 Å². The van der Waals surface area contributed by atoms with Crippen LogP contribution in [0.2, 0.25) is 0 Å². The average Bonchev–Trinajstić information content (AvgIpc) is 2.62. The van der Waals surface area contributed by atoms with Crippen molar-refractivity contribution < 1.29 is 29.0 Å². The maximum absolute atomic E-state index is 12.9. The van der Waals surface area contributed by atoms with E-state index in [1.54, 1.807) is 39.0 Å². The summed E-state index contributed by atoms with van der Waals surface area (Å²) in [5, 5.41) is 10.4. The minimum absolute atomic E-state index is 0.0668. The fourth-order valence-electron chi connectivity index (χ4n) is 2.95. The molecule has 140 valence electrons. The van der Waals surface area contributed by atoms with Gasteiger partial charge in [-0.15, -0.1) is 0 Å². The third-order valence-corrected chi connectivity index (χ3v) is 4.35. The van der Waals surface area contributed by atoms with Crippen LogP contribution in [0.25, 0.3) is 0 Å². The second-order valence-corrected chi connectivity index (χ2v) is 7.40. The van der Waals surface area contributed by atoms with Crippen LogP contribution in [0.3, 0.4) is 0 Å². The maximum Gasteiger partial charge on any atom is 0.311 e. The largest absolute Gasteiger partial charge is 0.507 e. The highest BCUT2D eigenvalue weighted by atomic mass is 16.5. The summed E-state index contributed by atoms with van der Waals surface area (Å²) in [5.74, 6) is -1.33. The molecule has 27 heavy (non-hydrogen) atoms. The number of benzene rings is 2. The molecule has 0 saturated carbocycles. The maximum atomic E-state index is 12.9. The number of rotatable bonds is 3. The Hall–Kier alpha value is -3.15. The predicted molar refractivity (Wildman–Crippen MR) is 97.2 cm³/mol. The van der Waals surface area contributed by atoms with Crippen molar-refractivity contribution in [1.82, 2.24) is 0 Å². The number of fused-ring (bicyclic) bond motifs is 2. The molecule has 0 bridgehead atoms. The molecule has 0 atom stereocenters. The molecule has 3 rings (SSSR count). The summed E-state index contributed by atoms with van der Waals surface area (Å²) < 4.78 is 10.4. The quantitative estimate of drug-likeness (QED) is 0.714. The van der Waals surface area contributed by atoms with Crippen LogP contribution in [0.5, 0.6) is 11.5 Å². The fourth-order valence-corrected chi connectivity index (χ4v) is 2.95. The number of aromatic hydroxyl groups is 1. The van der Waals surface area contributed by atoms with Crippen molar-refractivity contribution >= 4 is 17.5 Å². The van der Waals surface area contributed by atoms with Gasteiger partial charge >= 0.3 is 5.97 Å². The number of esters is 1. The predicted octanol–water partition coefficient (Wildman–Crippen LogP) is 3.27. The van der Waals surface area contributed by atoms with Crippen molar-refractivity contribution in [3.8, 4) is 11.5 Å². The molecule has 0 spiro atoms. The third kappa shape index (κ3) is 3.18. The molecule has 1 aliphatic rings. The fraction of sp³-hybridized carbons (Fsp3) is 0.286. The first-order valence-electron chi connectivity index (χ1n) is 8.44. The van der Waals surface area contributed by atoms with Crippen molar-refractivity contribution in [2.75, 3.05) is 7.11 Å². The highest BCUT2D eigenvalue weighted by molar-refractivity contribution is 6.30. The van der Waals surface area contributed by atoms with Gasteiger partial charge in [0.1, 0.15) is 18.1 Å². The summed E-state index contributed by atoms with van der Waals surface area (Å²) in [6, 6.07) is 7.58. The summed E-state index contributed by atoms with van der Waals surface area (Å²) in [5.41, 5.74) is 0.133. The zero-order valence-corrected chi connectivity index (χ0v) is 15.6. The molecule has 0 radical (unpaired) electrons. The van der Waals surface area contributed by atoms with E-state index in [9.17, 15) is 19.5 Å². The van der Waals surface area contributed by atoms with E-state index in [0.717, 1.165) is 0 Å². The monoisotopic (exact) mass is 368 g/mol. The topological polar surface area (TPSA) is 89.9 Å². The van der Waals surface area contributed by atoms with E-state index in [0.29, 0.717) is 5.56 Å². The van der Waals surface area contributed by atoms with E-state index in [4.69, 9.17) is 9.47 Å². The number of carbonyl (C=O) groups is 3. The molecule has 0 unspecified atom stereocenters. The van der Waals surface area contributed by atoms with Crippen molar-refractivity contribution in [3.63, 3.8) is 0 Å². The first-order valence-corrected chi connectivity index (χ1v) is 8.44. The van der Waals surface area contributed by atoms with Crippen molar-refractivity contribution in [2.24, 2.45) is 5.41 Å². The van der Waals surface area contributed by atoms with Crippen LogP contribution in [0.4, 0.5) is 0 Å². The first kappa shape index (κ1) is 18.6. The summed E-state index contributed by atoms with van der Waals surface area (Å²) in [4.78, 5) is 37.7. The van der Waals surface area contributed by atoms with Gasteiger partial charge in [-0.05, 0) is 44.5 Å². The molecule has 1 aliphatic carbocycles. The van der Waals surface area contributed by atoms with Gasteiger partial charge in [-0.3, -0.25) is 14.4 Å². The van der Waals surface area contributed by atoms with Crippen molar-refractivity contribution in [3.05, 3.63) is 58.1 Å². The van der Waals surface area contributed by atoms with Gasteiger partial charge in [-0.2, -0.15) is 0 Å². The molecular weight excluding hydrogens is 348 g/mol. The SMILES string of the molecule is COc1cccc2c1C(=O)c1c(O)cc(COC(=O)C(C)(C)C)cc1C2=O. The Morgan fingerprint density at radius 1 is 1.04 bits per heavy atom. The van der Waals surface area contributed by atoms with Gasteiger partial charge in [0.25, 0.3) is 0 Å². The Morgan fingerprint density at radius 2 is 1.74 bits per heavy atom. The van der Waals surface area contributed by atoms with Gasteiger partial charge in [0, 0.05) is 11.1 Å². The molecule has 6 nitrogen and oxygen atoms in total. The van der Waals surface area contributed by atoms with Gasteiger partial charge in [-0.1, -0.05) is 12.1 Å². The van der Waals surface area contributed by atoms with Crippen LogP contribution >= 0.6 is 0 Å². The standard InChI is InChI=1S/C21H20O6/c1-21(2,3)20(25)27-10-11-8-13-16(14(22)9-11)19(24)17-12(18(13)23)6-5-7-15(17)26-4/h5-9,22H,10H2,1-4H3. The minimum atomic E-state index is -0.669. The van der Waals surface area contributed by atoms with Crippen LogP contribution in [-0.2, 0) is 16.1 Å². The Kier molecular flexibility index (Phi) is 4.51. The number of hydrogen-bond acceptors (Lipinski definition) is 6. The molecule has 1 N–H and O–H groups in total. The van der Waals surface area contributed by atoms with E-state index in [2.05, 4.69) is 0 Å². The molecule has 2 aromatic carbocycles. The van der Waals surface area contributed by atoms with E-state index in [1.165, 1.54) is 19.2 Å². The van der Waals surface area contributed by atoms with Crippen molar-refractivity contribution in [1.29, 1.82) is 0 Å². The Labute approximate surface area is 156 Å². The van der Waals surface area contributed by atoms with Crippen LogP contribution in [0.15, 0.2) is 30.3 Å². The minimum Gasteiger partial charge on any atom is -0.507 e. The number of phenols is 1. The normalized spacial score (nSPS) is 13.0. The lowest BCUT2D eigenvalue weighted by Crippen LogP contribution is -2.24. The number of ether oxygens (including phenoxy) is 2. The number of ketones is 2. The average molecular weight is 368 g/mol. The van der Waals surface area contributed by atoms with Crippen LogP contribution in [0.1, 0.15) is 58.2 Å². The summed E-state index contributed by atoms with van der Waals surface area (Å²) >= 11 is 0. The van der Waals surface area contributed by atoms with Crippen LogP contribution in [0, 0.1) is 5.41 Å². The molecule has 0 aliphatic heterocycles. The first-order chi connectivity index (χ1) is 12.6. The van der Waals surface area contributed by atoms with Gasteiger partial charge in [0.05, 0.1) is 23.7 Å². The summed E-state index contributed by atoms with van der Waals surface area (Å²) in [7, 11) is 1.41. The second kappa shape index (κ2) is 6.54. The van der Waals surface area contributed by atoms with Gasteiger partial charge in [0.2, 0.25) is 5.78 Å². The van der Waals surface area contributed by atoms with E-state index < -0.39 is 23.0 Å². The Morgan fingerprint density at radius 3 is 2.37 bits per heavy atom. The van der Waals surface area contributed by atoms with Crippen molar-refractivity contribution in [2.45, 2.75) is 27.4 Å². The van der Waals surface area contributed by atoms with Crippen LogP contribution in [-0.4, -0.2) is 29.8 Å². The Bertz CT molecular complexity index is 965. The van der Waals surface area contributed by atoms with Crippen LogP contribution < -0.4 is 4.74 Å². The Balaban J connectivity index is 2.02. The zero-order chi connectivity index (χ0) is 19.9. The smallest absolute Gasteiger partial charge is 0.311 e. The molecule has 6 heteroatoms. The highest BCUT2D eigenvalue weighted by Crippen LogP contribution is 2.37. The van der Waals surface area contributed by atoms with E-state index in [-0.39, 0.29) is 40.4 Å². The summed E-state index contributed by atoms with van der Waals surface area (Å²) in [6.45, 7) is 5.08. The number of carbonyl (C=O) groups excluding carboxylic acids is 3. The molecule has 0 fully saturated rings. The third-order valence-electron chi connectivity index (χ3n) is 4.35. The zero-order valence-electron chi connectivity index (χ0n) is 15.6. The lowest BCUT2D eigenvalue weighted by molar-refractivity contribution is -0.154. The molecule has 0 heterocycles. The number of methoxy groups -OCH3 is 1. The second-order valence-electron chi connectivity index (χ2n) is 7.40. The molecular formula is C21H20O6. The lowest BCUT2D eigenvalue weighted by atomic mass is 9.82. The van der Waals surface area contributed by atoms with Gasteiger partial charge < -0.3 is 14.6 Å². The molecule has 0 saturated heterocycles. The highest BCUT2D eigenvalue weighted by Gasteiger charge is 2.35.